The van der Waals surface area contributed by atoms with Crippen LogP contribution in [0.4, 0.5) is 0 Å². The van der Waals surface area contributed by atoms with Crippen LogP contribution < -0.4 is 5.32 Å². The summed E-state index contributed by atoms with van der Waals surface area (Å²) < 4.78 is 6.87. The molecule has 0 fully saturated rings. The second-order valence-corrected chi connectivity index (χ2v) is 5.26. The fraction of sp³-hybridized carbons (Fsp3) is 0.571. The fourth-order valence-corrected chi connectivity index (χ4v) is 2.18. The van der Waals surface area contributed by atoms with Crippen molar-refractivity contribution in [1.29, 1.82) is 0 Å². The Bertz CT molecular complexity index is 328. The van der Waals surface area contributed by atoms with E-state index < -0.39 is 0 Å². The van der Waals surface area contributed by atoms with E-state index in [1.165, 1.54) is 5.56 Å². The van der Waals surface area contributed by atoms with Crippen LogP contribution in [0.15, 0.2) is 28.7 Å². The van der Waals surface area contributed by atoms with Crippen LogP contribution in [0.5, 0.6) is 0 Å². The van der Waals surface area contributed by atoms with E-state index in [-0.39, 0.29) is 12.1 Å². The Hall–Kier alpha value is -0.380. The predicted octanol–water partition coefficient (Wildman–Crippen LogP) is 3.91. The van der Waals surface area contributed by atoms with Gasteiger partial charge < -0.3 is 10.1 Å². The highest BCUT2D eigenvalue weighted by molar-refractivity contribution is 9.10. The Morgan fingerprint density at radius 3 is 2.59 bits per heavy atom. The number of nitrogens with one attached hydrogen (secondary N) is 1. The summed E-state index contributed by atoms with van der Waals surface area (Å²) in [6.07, 6.45) is 1.39. The van der Waals surface area contributed by atoms with Crippen molar-refractivity contribution >= 4 is 15.9 Å². The molecule has 17 heavy (non-hydrogen) atoms. The van der Waals surface area contributed by atoms with Crippen molar-refractivity contribution in [3.63, 3.8) is 0 Å². The molecule has 0 aliphatic heterocycles. The van der Waals surface area contributed by atoms with Gasteiger partial charge in [-0.05, 0) is 38.4 Å². The maximum absolute atomic E-state index is 5.73. The average molecular weight is 300 g/mol. The first-order valence-corrected chi connectivity index (χ1v) is 7.03. The second-order valence-electron chi connectivity index (χ2n) is 4.41. The van der Waals surface area contributed by atoms with Gasteiger partial charge in [0.05, 0.1) is 18.8 Å². The Labute approximate surface area is 113 Å². The molecule has 0 bridgehead atoms. The maximum Gasteiger partial charge on any atom is 0.0665 e. The first-order valence-electron chi connectivity index (χ1n) is 6.24. The molecule has 0 heterocycles. The van der Waals surface area contributed by atoms with E-state index in [0.29, 0.717) is 6.61 Å². The van der Waals surface area contributed by atoms with Crippen LogP contribution in [-0.4, -0.2) is 19.3 Å². The highest BCUT2D eigenvalue weighted by atomic mass is 79.9. The molecule has 2 nitrogen and oxygen atoms in total. The van der Waals surface area contributed by atoms with Gasteiger partial charge in [-0.15, -0.1) is 0 Å². The molecule has 1 rings (SSSR count). The Morgan fingerprint density at radius 1 is 1.29 bits per heavy atom. The molecule has 0 radical (unpaired) electrons. The zero-order valence-electron chi connectivity index (χ0n) is 10.9. The first kappa shape index (κ1) is 14.7. The third-order valence-corrected chi connectivity index (χ3v) is 3.24. The topological polar surface area (TPSA) is 21.3 Å². The number of benzene rings is 1. The predicted molar refractivity (Wildman–Crippen MR) is 76.3 cm³/mol. The summed E-state index contributed by atoms with van der Waals surface area (Å²) in [7, 11) is 0. The third kappa shape index (κ3) is 5.19. The molecule has 0 aromatic heterocycles. The molecule has 0 aliphatic rings. The van der Waals surface area contributed by atoms with Gasteiger partial charge in [0, 0.05) is 4.47 Å². The number of ether oxygens (including phenoxy) is 1. The van der Waals surface area contributed by atoms with Crippen LogP contribution in [0.25, 0.3) is 0 Å². The van der Waals surface area contributed by atoms with Gasteiger partial charge in [0.1, 0.15) is 0 Å². The van der Waals surface area contributed by atoms with Crippen molar-refractivity contribution in [2.45, 2.75) is 39.3 Å². The summed E-state index contributed by atoms with van der Waals surface area (Å²) >= 11 is 3.60. The van der Waals surface area contributed by atoms with Crippen molar-refractivity contribution in [3.05, 3.63) is 34.3 Å². The Morgan fingerprint density at radius 2 is 2.00 bits per heavy atom. The van der Waals surface area contributed by atoms with Gasteiger partial charge in [-0.3, -0.25) is 0 Å². The van der Waals surface area contributed by atoms with Crippen LogP contribution in [0.3, 0.4) is 0 Å². The highest BCUT2D eigenvalue weighted by Gasteiger charge is 2.14. The largest absolute Gasteiger partial charge is 0.377 e. The van der Waals surface area contributed by atoms with Crippen molar-refractivity contribution < 1.29 is 4.74 Å². The Kier molecular flexibility index (Phi) is 6.78. The van der Waals surface area contributed by atoms with Crippen molar-refractivity contribution in [2.75, 3.05) is 13.2 Å². The lowest BCUT2D eigenvalue weighted by Gasteiger charge is -2.21. The molecule has 1 unspecified atom stereocenters. The molecular weight excluding hydrogens is 278 g/mol. The van der Waals surface area contributed by atoms with Crippen molar-refractivity contribution in [1.82, 2.24) is 5.32 Å². The zero-order chi connectivity index (χ0) is 12.7. The van der Waals surface area contributed by atoms with Gasteiger partial charge in [-0.2, -0.15) is 0 Å². The lowest BCUT2D eigenvalue weighted by molar-refractivity contribution is 0.0610. The van der Waals surface area contributed by atoms with E-state index in [1.807, 2.05) is 6.07 Å². The lowest BCUT2D eigenvalue weighted by atomic mass is 10.1. The molecule has 0 saturated carbocycles. The summed E-state index contributed by atoms with van der Waals surface area (Å²) in [6.45, 7) is 8.02. The molecule has 96 valence electrons. The quantitative estimate of drug-likeness (QED) is 0.824. The SMILES string of the molecule is CCCNC(COC(C)C)c1ccccc1Br. The molecule has 1 aromatic rings. The second kappa shape index (κ2) is 7.85. The maximum atomic E-state index is 5.73. The van der Waals surface area contributed by atoms with E-state index >= 15 is 0 Å². The monoisotopic (exact) mass is 299 g/mol. The summed E-state index contributed by atoms with van der Waals surface area (Å²) in [5.41, 5.74) is 1.27. The third-order valence-electron chi connectivity index (χ3n) is 2.52. The minimum Gasteiger partial charge on any atom is -0.377 e. The molecular formula is C14H22BrNO. The van der Waals surface area contributed by atoms with E-state index in [9.17, 15) is 0 Å². The van der Waals surface area contributed by atoms with Gasteiger partial charge >= 0.3 is 0 Å². The number of halogens is 1. The zero-order valence-corrected chi connectivity index (χ0v) is 12.5. The van der Waals surface area contributed by atoms with E-state index in [1.54, 1.807) is 0 Å². The molecule has 1 aromatic carbocycles. The first-order chi connectivity index (χ1) is 8.15. The summed E-state index contributed by atoms with van der Waals surface area (Å²) in [5, 5.41) is 3.53. The summed E-state index contributed by atoms with van der Waals surface area (Å²) in [5.74, 6) is 0. The average Bonchev–Trinajstić information content (AvgIpc) is 2.30. The van der Waals surface area contributed by atoms with Crippen LogP contribution in [-0.2, 0) is 4.74 Å². The molecule has 3 heteroatoms. The lowest BCUT2D eigenvalue weighted by Crippen LogP contribution is -2.27. The van der Waals surface area contributed by atoms with E-state index in [4.69, 9.17) is 4.74 Å². The molecule has 0 aliphatic carbocycles. The molecule has 1 atom stereocenters. The van der Waals surface area contributed by atoms with E-state index in [0.717, 1.165) is 17.4 Å². The number of hydrogen-bond donors (Lipinski definition) is 1. The van der Waals surface area contributed by atoms with Crippen LogP contribution in [0, 0.1) is 0 Å². The molecule has 0 amide bonds. The van der Waals surface area contributed by atoms with Gasteiger partial charge in [0.15, 0.2) is 0 Å². The van der Waals surface area contributed by atoms with Gasteiger partial charge in [0.25, 0.3) is 0 Å². The van der Waals surface area contributed by atoms with Crippen LogP contribution >= 0.6 is 15.9 Å². The van der Waals surface area contributed by atoms with Gasteiger partial charge in [-0.25, -0.2) is 0 Å². The molecule has 0 spiro atoms. The fourth-order valence-electron chi connectivity index (χ4n) is 1.62. The molecule has 1 N–H and O–H groups in total. The smallest absolute Gasteiger partial charge is 0.0665 e. The molecule has 0 saturated heterocycles. The minimum atomic E-state index is 0.257. The summed E-state index contributed by atoms with van der Waals surface area (Å²) in [6, 6.07) is 8.57. The summed E-state index contributed by atoms with van der Waals surface area (Å²) in [4.78, 5) is 0. The van der Waals surface area contributed by atoms with Crippen LogP contribution in [0.1, 0.15) is 38.8 Å². The standard InChI is InChI=1S/C14H22BrNO/c1-4-9-16-14(10-17-11(2)3)12-7-5-6-8-13(12)15/h5-8,11,14,16H,4,9-10H2,1-3H3. The van der Waals surface area contributed by atoms with E-state index in [2.05, 4.69) is 60.2 Å². The van der Waals surface area contributed by atoms with Gasteiger partial charge in [-0.1, -0.05) is 41.1 Å². The number of rotatable bonds is 7. The Balaban J connectivity index is 2.71. The van der Waals surface area contributed by atoms with Crippen LogP contribution in [0.2, 0.25) is 0 Å². The van der Waals surface area contributed by atoms with Crippen molar-refractivity contribution in [3.8, 4) is 0 Å². The van der Waals surface area contributed by atoms with Crippen molar-refractivity contribution in [2.24, 2.45) is 0 Å². The van der Waals surface area contributed by atoms with Gasteiger partial charge in [0.2, 0.25) is 0 Å². The highest BCUT2D eigenvalue weighted by Crippen LogP contribution is 2.23. The minimum absolute atomic E-state index is 0.257. The normalized spacial score (nSPS) is 13.0. The number of hydrogen-bond acceptors (Lipinski definition) is 2.